The van der Waals surface area contributed by atoms with E-state index in [9.17, 15) is 0 Å². The van der Waals surface area contributed by atoms with Crippen molar-refractivity contribution < 1.29 is 0 Å². The summed E-state index contributed by atoms with van der Waals surface area (Å²) in [5.74, 6) is 1.88. The number of aryl methyl sites for hydroxylation is 1. The van der Waals surface area contributed by atoms with E-state index < -0.39 is 0 Å². The monoisotopic (exact) mass is 383 g/mol. The van der Waals surface area contributed by atoms with Crippen molar-refractivity contribution in [3.63, 3.8) is 0 Å². The summed E-state index contributed by atoms with van der Waals surface area (Å²) in [4.78, 5) is 0. The third kappa shape index (κ3) is 12.7. The van der Waals surface area contributed by atoms with Gasteiger partial charge in [0.2, 0.25) is 0 Å². The van der Waals surface area contributed by atoms with E-state index in [1.165, 1.54) is 43.4 Å². The molecule has 28 heavy (non-hydrogen) atoms. The highest BCUT2D eigenvalue weighted by molar-refractivity contribution is 5.14. The van der Waals surface area contributed by atoms with Crippen LogP contribution in [0.3, 0.4) is 0 Å². The number of benzene rings is 2. The summed E-state index contributed by atoms with van der Waals surface area (Å²) in [7, 11) is 0. The quantitative estimate of drug-likeness (QED) is 0.553. The van der Waals surface area contributed by atoms with Gasteiger partial charge in [-0.3, -0.25) is 0 Å². The molecule has 0 aliphatic heterocycles. The van der Waals surface area contributed by atoms with Gasteiger partial charge in [-0.25, -0.2) is 0 Å². The summed E-state index contributed by atoms with van der Waals surface area (Å²) in [5.41, 5.74) is 2.80. The zero-order valence-electron chi connectivity index (χ0n) is 19.4. The average molecular weight is 384 g/mol. The fraction of sp³-hybridized carbons (Fsp3) is 0.556. The predicted molar refractivity (Wildman–Crippen MR) is 128 cm³/mol. The summed E-state index contributed by atoms with van der Waals surface area (Å²) in [6.07, 6.45) is 6.84. The van der Waals surface area contributed by atoms with E-state index in [4.69, 9.17) is 0 Å². The SMILES string of the molecule is CC.CC.CC1CCC(CNCc2ccccc2)CC1.CCc1ccccc1. The van der Waals surface area contributed by atoms with Gasteiger partial charge in [-0.05, 0) is 48.8 Å². The Bertz CT molecular complexity index is 527. The standard InChI is InChI=1S/C15H23N.C8H10.2C2H6/c1-13-7-9-15(10-8-13)12-16-11-14-5-3-2-4-6-14;1-2-8-6-4-3-5-7-8;2*1-2/h2-6,13,15-16H,7-12H2,1H3;3-7H,2H2,1H3;2*1-2H3. The first-order valence-corrected chi connectivity index (χ1v) is 11.6. The minimum Gasteiger partial charge on any atom is -0.312 e. The molecule has 1 saturated carbocycles. The van der Waals surface area contributed by atoms with Crippen LogP contribution in [0.25, 0.3) is 0 Å². The van der Waals surface area contributed by atoms with E-state index in [2.05, 4.69) is 73.8 Å². The molecule has 0 spiro atoms. The van der Waals surface area contributed by atoms with Crippen molar-refractivity contribution in [1.82, 2.24) is 5.32 Å². The molecule has 0 radical (unpaired) electrons. The molecule has 0 unspecified atom stereocenters. The number of hydrogen-bond acceptors (Lipinski definition) is 1. The van der Waals surface area contributed by atoms with E-state index >= 15 is 0 Å². The molecule has 3 rings (SSSR count). The molecule has 1 N–H and O–H groups in total. The molecule has 1 heteroatoms. The lowest BCUT2D eigenvalue weighted by Gasteiger charge is -2.26. The highest BCUT2D eigenvalue weighted by Gasteiger charge is 2.17. The molecule has 2 aromatic carbocycles. The molecular formula is C27H45N. The van der Waals surface area contributed by atoms with E-state index in [0.29, 0.717) is 0 Å². The van der Waals surface area contributed by atoms with Crippen LogP contribution < -0.4 is 5.32 Å². The van der Waals surface area contributed by atoms with Crippen molar-refractivity contribution in [3.8, 4) is 0 Å². The Labute approximate surface area is 176 Å². The number of hydrogen-bond donors (Lipinski definition) is 1. The van der Waals surface area contributed by atoms with E-state index in [0.717, 1.165) is 24.8 Å². The Hall–Kier alpha value is -1.60. The number of nitrogens with one attached hydrogen (secondary N) is 1. The molecule has 0 saturated heterocycles. The largest absolute Gasteiger partial charge is 0.312 e. The van der Waals surface area contributed by atoms with Crippen LogP contribution in [0, 0.1) is 11.8 Å². The fourth-order valence-corrected chi connectivity index (χ4v) is 3.26. The lowest BCUT2D eigenvalue weighted by Crippen LogP contribution is -2.25. The predicted octanol–water partition coefficient (Wildman–Crippen LogP) is 7.90. The van der Waals surface area contributed by atoms with Crippen molar-refractivity contribution >= 4 is 0 Å². The topological polar surface area (TPSA) is 12.0 Å². The molecule has 0 bridgehead atoms. The van der Waals surface area contributed by atoms with Crippen molar-refractivity contribution in [2.45, 2.75) is 80.2 Å². The Balaban J connectivity index is 0.000000511. The van der Waals surface area contributed by atoms with Crippen LogP contribution in [0.2, 0.25) is 0 Å². The van der Waals surface area contributed by atoms with Gasteiger partial charge in [-0.2, -0.15) is 0 Å². The Kier molecular flexibility index (Phi) is 17.7. The third-order valence-corrected chi connectivity index (χ3v) is 4.99. The molecule has 2 aromatic rings. The lowest BCUT2D eigenvalue weighted by molar-refractivity contribution is 0.281. The molecule has 1 nitrogen and oxygen atoms in total. The summed E-state index contributed by atoms with van der Waals surface area (Å²) in [6.45, 7) is 14.8. The van der Waals surface area contributed by atoms with Gasteiger partial charge in [0.05, 0.1) is 0 Å². The second-order valence-electron chi connectivity index (χ2n) is 7.08. The van der Waals surface area contributed by atoms with Gasteiger partial charge in [0.1, 0.15) is 0 Å². The van der Waals surface area contributed by atoms with Crippen LogP contribution in [0.5, 0.6) is 0 Å². The number of rotatable bonds is 5. The minimum absolute atomic E-state index is 0.917. The first kappa shape index (κ1) is 26.4. The van der Waals surface area contributed by atoms with E-state index in [1.807, 2.05) is 33.8 Å². The molecule has 0 amide bonds. The maximum atomic E-state index is 3.59. The maximum Gasteiger partial charge on any atom is 0.0205 e. The van der Waals surface area contributed by atoms with Crippen LogP contribution >= 0.6 is 0 Å². The lowest BCUT2D eigenvalue weighted by atomic mass is 9.83. The van der Waals surface area contributed by atoms with Crippen LogP contribution in [0.1, 0.15) is 78.4 Å². The third-order valence-electron chi connectivity index (χ3n) is 4.99. The normalized spacial score (nSPS) is 17.6. The first-order chi connectivity index (χ1) is 13.8. The molecule has 0 atom stereocenters. The second kappa shape index (κ2) is 18.7. The molecule has 0 aromatic heterocycles. The minimum atomic E-state index is 0.917. The fourth-order valence-electron chi connectivity index (χ4n) is 3.26. The van der Waals surface area contributed by atoms with Crippen molar-refractivity contribution in [1.29, 1.82) is 0 Å². The highest BCUT2D eigenvalue weighted by atomic mass is 14.9. The Morgan fingerprint density at radius 2 is 1.18 bits per heavy atom. The van der Waals surface area contributed by atoms with Crippen molar-refractivity contribution in [2.24, 2.45) is 11.8 Å². The van der Waals surface area contributed by atoms with Crippen molar-refractivity contribution in [2.75, 3.05) is 6.54 Å². The highest BCUT2D eigenvalue weighted by Crippen LogP contribution is 2.27. The second-order valence-corrected chi connectivity index (χ2v) is 7.08. The van der Waals surface area contributed by atoms with Gasteiger partial charge >= 0.3 is 0 Å². The van der Waals surface area contributed by atoms with Crippen LogP contribution in [-0.2, 0) is 13.0 Å². The van der Waals surface area contributed by atoms with Gasteiger partial charge in [0.25, 0.3) is 0 Å². The van der Waals surface area contributed by atoms with E-state index in [-0.39, 0.29) is 0 Å². The zero-order chi connectivity index (χ0) is 21.0. The summed E-state index contributed by atoms with van der Waals surface area (Å²) in [6, 6.07) is 21.1. The van der Waals surface area contributed by atoms with Gasteiger partial charge in [-0.15, -0.1) is 0 Å². The van der Waals surface area contributed by atoms with Crippen LogP contribution in [0.15, 0.2) is 60.7 Å². The van der Waals surface area contributed by atoms with Crippen LogP contribution in [0.4, 0.5) is 0 Å². The van der Waals surface area contributed by atoms with Gasteiger partial charge < -0.3 is 5.32 Å². The summed E-state index contributed by atoms with van der Waals surface area (Å²) in [5, 5.41) is 3.59. The van der Waals surface area contributed by atoms with Crippen molar-refractivity contribution in [3.05, 3.63) is 71.8 Å². The molecule has 1 aliphatic carbocycles. The van der Waals surface area contributed by atoms with Crippen LogP contribution in [-0.4, -0.2) is 6.54 Å². The summed E-state index contributed by atoms with van der Waals surface area (Å²) < 4.78 is 0. The molecule has 1 aliphatic rings. The first-order valence-electron chi connectivity index (χ1n) is 11.6. The molecule has 0 heterocycles. The maximum absolute atomic E-state index is 3.59. The Morgan fingerprint density at radius 1 is 0.714 bits per heavy atom. The van der Waals surface area contributed by atoms with E-state index in [1.54, 1.807) is 0 Å². The smallest absolute Gasteiger partial charge is 0.0205 e. The molecular weight excluding hydrogens is 338 g/mol. The summed E-state index contributed by atoms with van der Waals surface area (Å²) >= 11 is 0. The molecule has 158 valence electrons. The Morgan fingerprint density at radius 3 is 1.61 bits per heavy atom. The average Bonchev–Trinajstić information content (AvgIpc) is 2.80. The zero-order valence-corrected chi connectivity index (χ0v) is 19.4. The van der Waals surface area contributed by atoms with Gasteiger partial charge in [0.15, 0.2) is 0 Å². The molecule has 1 fully saturated rings. The van der Waals surface area contributed by atoms with Gasteiger partial charge in [0, 0.05) is 6.54 Å². The van der Waals surface area contributed by atoms with Gasteiger partial charge in [-0.1, -0.05) is 115 Å².